The van der Waals surface area contributed by atoms with Crippen LogP contribution in [-0.4, -0.2) is 30.8 Å². The van der Waals surface area contributed by atoms with E-state index in [0.717, 1.165) is 15.6 Å². The summed E-state index contributed by atoms with van der Waals surface area (Å²) in [5, 5.41) is 9.88. The van der Waals surface area contributed by atoms with E-state index in [-0.39, 0.29) is 18.4 Å². The van der Waals surface area contributed by atoms with Crippen LogP contribution in [0.1, 0.15) is 29.9 Å². The van der Waals surface area contributed by atoms with Crippen molar-refractivity contribution in [3.05, 3.63) is 70.2 Å². The number of carbonyl (C=O) groups excluding carboxylic acids is 1. The van der Waals surface area contributed by atoms with E-state index in [9.17, 15) is 14.7 Å². The van der Waals surface area contributed by atoms with E-state index in [4.69, 9.17) is 9.47 Å². The highest BCUT2D eigenvalue weighted by Crippen LogP contribution is 2.45. The highest BCUT2D eigenvalue weighted by molar-refractivity contribution is 9.10. The fourth-order valence-corrected chi connectivity index (χ4v) is 4.49. The van der Waals surface area contributed by atoms with Crippen molar-refractivity contribution >= 4 is 27.9 Å². The molecule has 1 fully saturated rings. The fraction of sp³-hybridized carbons (Fsp3) is 0.391. The molecule has 1 unspecified atom stereocenters. The van der Waals surface area contributed by atoms with E-state index in [1.807, 2.05) is 54.6 Å². The summed E-state index contributed by atoms with van der Waals surface area (Å²) >= 11 is 3.43. The molecule has 0 aliphatic heterocycles. The first-order valence-electron chi connectivity index (χ1n) is 9.67. The topological polar surface area (TPSA) is 72.8 Å². The number of carboxylic acid groups (broad SMARTS) is 1. The van der Waals surface area contributed by atoms with Gasteiger partial charge in [-0.05, 0) is 47.9 Å². The number of carboxylic acids is 1. The number of hydrogen-bond acceptors (Lipinski definition) is 4. The average molecular weight is 461 g/mol. The lowest BCUT2D eigenvalue weighted by Gasteiger charge is -2.39. The first-order chi connectivity index (χ1) is 14.0. The van der Waals surface area contributed by atoms with Crippen LogP contribution in [0.25, 0.3) is 0 Å². The predicted octanol–water partition coefficient (Wildman–Crippen LogP) is 4.65. The average Bonchev–Trinajstić information content (AvgIpc) is 2.73. The number of halogens is 1. The van der Waals surface area contributed by atoms with Gasteiger partial charge in [0.2, 0.25) is 0 Å². The Morgan fingerprint density at radius 2 is 1.76 bits per heavy atom. The summed E-state index contributed by atoms with van der Waals surface area (Å²) in [6.45, 7) is 0.611. The van der Waals surface area contributed by atoms with Crippen LogP contribution in [-0.2, 0) is 25.7 Å². The maximum atomic E-state index is 13.1. The molecule has 0 bridgehead atoms. The third kappa shape index (κ3) is 5.46. The number of benzene rings is 2. The SMILES string of the molecule is COCC1C[C@H](c2ccc(Br)cc2)[C@@H](C(=O)OCc2ccccc2)[C@H](C(=O)O)C1. The minimum atomic E-state index is -0.963. The fourth-order valence-electron chi connectivity index (χ4n) is 4.22. The molecule has 2 aromatic rings. The number of esters is 1. The molecule has 0 radical (unpaired) electrons. The van der Waals surface area contributed by atoms with Crippen molar-refractivity contribution < 1.29 is 24.2 Å². The Balaban J connectivity index is 1.87. The zero-order chi connectivity index (χ0) is 20.8. The van der Waals surface area contributed by atoms with Crippen LogP contribution >= 0.6 is 15.9 Å². The molecule has 1 aliphatic rings. The summed E-state index contributed by atoms with van der Waals surface area (Å²) in [4.78, 5) is 25.1. The Bertz CT molecular complexity index is 821. The van der Waals surface area contributed by atoms with Gasteiger partial charge in [0.1, 0.15) is 6.61 Å². The van der Waals surface area contributed by atoms with Crippen LogP contribution in [0.3, 0.4) is 0 Å². The lowest BCUT2D eigenvalue weighted by molar-refractivity contribution is -0.163. The molecule has 6 heteroatoms. The largest absolute Gasteiger partial charge is 0.481 e. The normalized spacial score (nSPS) is 24.1. The van der Waals surface area contributed by atoms with E-state index in [2.05, 4.69) is 15.9 Å². The summed E-state index contributed by atoms with van der Waals surface area (Å²) in [7, 11) is 1.62. The van der Waals surface area contributed by atoms with E-state index < -0.39 is 23.8 Å². The Kier molecular flexibility index (Phi) is 7.45. The van der Waals surface area contributed by atoms with Crippen molar-refractivity contribution in [2.45, 2.75) is 25.4 Å². The second kappa shape index (κ2) is 10.0. The molecule has 1 N–H and O–H groups in total. The predicted molar refractivity (Wildman–Crippen MR) is 112 cm³/mol. The molecule has 0 heterocycles. The molecule has 4 atom stereocenters. The van der Waals surface area contributed by atoms with E-state index in [0.29, 0.717) is 19.4 Å². The van der Waals surface area contributed by atoms with Crippen molar-refractivity contribution in [3.63, 3.8) is 0 Å². The molecule has 0 amide bonds. The molecule has 1 saturated carbocycles. The zero-order valence-corrected chi connectivity index (χ0v) is 17.9. The Labute approximate surface area is 179 Å². The molecule has 5 nitrogen and oxygen atoms in total. The smallest absolute Gasteiger partial charge is 0.310 e. The standard InChI is InChI=1S/C23H25BrO5/c1-28-13-16-11-19(17-7-9-18(24)10-8-17)21(20(12-16)22(25)26)23(27)29-14-15-5-3-2-4-6-15/h2-10,16,19-21H,11-14H2,1H3,(H,25,26)/t16?,19-,20-,21-/m1/s1. The lowest BCUT2D eigenvalue weighted by atomic mass is 9.65. The van der Waals surface area contributed by atoms with Gasteiger partial charge in [0.05, 0.1) is 11.8 Å². The van der Waals surface area contributed by atoms with Crippen LogP contribution in [0.4, 0.5) is 0 Å². The molecule has 3 rings (SSSR count). The number of rotatable bonds is 7. The quantitative estimate of drug-likeness (QED) is 0.608. The van der Waals surface area contributed by atoms with E-state index in [1.165, 1.54) is 0 Å². The third-order valence-electron chi connectivity index (χ3n) is 5.56. The minimum absolute atomic E-state index is 0.0768. The molecular formula is C23H25BrO5. The number of ether oxygens (including phenoxy) is 2. The summed E-state index contributed by atoms with van der Waals surface area (Å²) in [5.74, 6) is -3.11. The van der Waals surface area contributed by atoms with Crippen molar-refractivity contribution in [1.29, 1.82) is 0 Å². The number of methoxy groups -OCH3 is 1. The van der Waals surface area contributed by atoms with Gasteiger partial charge in [-0.25, -0.2) is 0 Å². The monoisotopic (exact) mass is 460 g/mol. The van der Waals surface area contributed by atoms with Gasteiger partial charge in [-0.15, -0.1) is 0 Å². The molecule has 2 aromatic carbocycles. The van der Waals surface area contributed by atoms with Crippen molar-refractivity contribution in [2.24, 2.45) is 17.8 Å². The Morgan fingerprint density at radius 3 is 2.38 bits per heavy atom. The lowest BCUT2D eigenvalue weighted by Crippen LogP contribution is -2.42. The molecular weight excluding hydrogens is 436 g/mol. The number of carbonyl (C=O) groups is 2. The molecule has 29 heavy (non-hydrogen) atoms. The molecule has 1 aliphatic carbocycles. The third-order valence-corrected chi connectivity index (χ3v) is 6.08. The summed E-state index contributed by atoms with van der Waals surface area (Å²) in [6, 6.07) is 17.1. The first-order valence-corrected chi connectivity index (χ1v) is 10.5. The van der Waals surface area contributed by atoms with Crippen LogP contribution < -0.4 is 0 Å². The molecule has 0 spiro atoms. The van der Waals surface area contributed by atoms with Crippen molar-refractivity contribution in [3.8, 4) is 0 Å². The highest BCUT2D eigenvalue weighted by Gasteiger charge is 2.46. The van der Waals surface area contributed by atoms with Gasteiger partial charge < -0.3 is 14.6 Å². The summed E-state index contributed by atoms with van der Waals surface area (Å²) < 4.78 is 11.8. The second-order valence-corrected chi connectivity index (χ2v) is 8.43. The maximum absolute atomic E-state index is 13.1. The van der Waals surface area contributed by atoms with E-state index >= 15 is 0 Å². The zero-order valence-electron chi connectivity index (χ0n) is 16.3. The summed E-state index contributed by atoms with van der Waals surface area (Å²) in [5.41, 5.74) is 1.82. The maximum Gasteiger partial charge on any atom is 0.310 e. The first kappa shape index (κ1) is 21.5. The van der Waals surface area contributed by atoms with Gasteiger partial charge in [0.25, 0.3) is 0 Å². The van der Waals surface area contributed by atoms with Crippen molar-refractivity contribution in [1.82, 2.24) is 0 Å². The highest BCUT2D eigenvalue weighted by atomic mass is 79.9. The number of aliphatic carboxylic acids is 1. The molecule has 0 saturated heterocycles. The van der Waals surface area contributed by atoms with Gasteiger partial charge in [-0.2, -0.15) is 0 Å². The van der Waals surface area contributed by atoms with Crippen LogP contribution in [0.5, 0.6) is 0 Å². The number of hydrogen-bond donors (Lipinski definition) is 1. The van der Waals surface area contributed by atoms with Crippen LogP contribution in [0.2, 0.25) is 0 Å². The van der Waals surface area contributed by atoms with Gasteiger partial charge in [0.15, 0.2) is 0 Å². The Hall–Kier alpha value is -2.18. The van der Waals surface area contributed by atoms with Crippen LogP contribution in [0, 0.1) is 17.8 Å². The van der Waals surface area contributed by atoms with Gasteiger partial charge >= 0.3 is 11.9 Å². The molecule has 154 valence electrons. The van der Waals surface area contributed by atoms with Crippen molar-refractivity contribution in [2.75, 3.05) is 13.7 Å². The second-order valence-electron chi connectivity index (χ2n) is 7.51. The molecule has 0 aromatic heterocycles. The summed E-state index contributed by atoms with van der Waals surface area (Å²) in [6.07, 6.45) is 1.09. The minimum Gasteiger partial charge on any atom is -0.481 e. The van der Waals surface area contributed by atoms with Crippen LogP contribution in [0.15, 0.2) is 59.1 Å². The Morgan fingerprint density at radius 1 is 1.07 bits per heavy atom. The van der Waals surface area contributed by atoms with Gasteiger partial charge in [-0.1, -0.05) is 58.4 Å². The van der Waals surface area contributed by atoms with Gasteiger partial charge in [0, 0.05) is 18.2 Å². The van der Waals surface area contributed by atoms with E-state index in [1.54, 1.807) is 7.11 Å². The van der Waals surface area contributed by atoms with Gasteiger partial charge in [-0.3, -0.25) is 9.59 Å².